The average molecular weight is 348 g/mol. The molecule has 0 aliphatic heterocycles. The molecule has 128 valence electrons. The molecule has 5 heteroatoms. The van der Waals surface area contributed by atoms with Gasteiger partial charge in [-0.05, 0) is 55.7 Å². The molecule has 0 aromatic heterocycles. The molecular weight excluding hydrogens is 326 g/mol. The van der Waals surface area contributed by atoms with Crippen LogP contribution in [0.1, 0.15) is 16.7 Å². The van der Waals surface area contributed by atoms with Gasteiger partial charge in [-0.15, -0.1) is 0 Å². The molecule has 2 aromatic carbocycles. The maximum Gasteiger partial charge on any atom is 0.257 e. The molecule has 0 saturated carbocycles. The number of methoxy groups -OCH3 is 1. The number of hydrogen-bond donors (Lipinski definition) is 1. The minimum Gasteiger partial charge on any atom is -0.496 e. The van der Waals surface area contributed by atoms with Gasteiger partial charge >= 0.3 is 0 Å². The maximum absolute atomic E-state index is 11.9. The minimum absolute atomic E-state index is 0.0204. The summed E-state index contributed by atoms with van der Waals surface area (Å²) in [6.45, 7) is 4.43. The van der Waals surface area contributed by atoms with Crippen LogP contribution in [0.25, 0.3) is 0 Å². The number of aryl methyl sites for hydroxylation is 2. The molecule has 0 heterocycles. The van der Waals surface area contributed by atoms with Gasteiger partial charge in [0.25, 0.3) is 5.91 Å². The van der Waals surface area contributed by atoms with Crippen molar-refractivity contribution in [1.29, 1.82) is 0 Å². The van der Waals surface area contributed by atoms with Gasteiger partial charge < -0.3 is 14.8 Å². The van der Waals surface area contributed by atoms with Crippen LogP contribution in [0.5, 0.6) is 11.5 Å². The summed E-state index contributed by atoms with van der Waals surface area (Å²) in [5.74, 6) is 1.34. The summed E-state index contributed by atoms with van der Waals surface area (Å²) in [5, 5.41) is 3.51. The Morgan fingerprint density at radius 3 is 2.58 bits per heavy atom. The van der Waals surface area contributed by atoms with Crippen LogP contribution in [0.3, 0.4) is 0 Å². The number of carbonyl (C=O) groups excluding carboxylic acids is 1. The van der Waals surface area contributed by atoms with Gasteiger partial charge in [0.05, 0.1) is 7.11 Å². The average Bonchev–Trinajstić information content (AvgIpc) is 2.54. The first-order chi connectivity index (χ1) is 11.5. The van der Waals surface area contributed by atoms with E-state index in [1.54, 1.807) is 25.3 Å². The maximum atomic E-state index is 11.9. The van der Waals surface area contributed by atoms with E-state index in [0.717, 1.165) is 16.9 Å². The Labute approximate surface area is 147 Å². The Kier molecular flexibility index (Phi) is 6.50. The lowest BCUT2D eigenvalue weighted by Crippen LogP contribution is -2.30. The summed E-state index contributed by atoms with van der Waals surface area (Å²) < 4.78 is 10.9. The van der Waals surface area contributed by atoms with Crippen molar-refractivity contribution < 1.29 is 14.3 Å². The summed E-state index contributed by atoms with van der Waals surface area (Å²) in [7, 11) is 1.65. The molecule has 0 unspecified atom stereocenters. The van der Waals surface area contributed by atoms with Crippen LogP contribution in [0.2, 0.25) is 5.02 Å². The quantitative estimate of drug-likeness (QED) is 0.830. The third-order valence-electron chi connectivity index (χ3n) is 3.65. The normalized spacial score (nSPS) is 10.3. The van der Waals surface area contributed by atoms with Crippen molar-refractivity contribution >= 4 is 17.5 Å². The van der Waals surface area contributed by atoms with Crippen LogP contribution >= 0.6 is 11.6 Å². The fraction of sp³-hybridized carbons (Fsp3) is 0.316. The van der Waals surface area contributed by atoms with E-state index < -0.39 is 0 Å². The van der Waals surface area contributed by atoms with Crippen LogP contribution in [0.15, 0.2) is 36.4 Å². The molecule has 2 aromatic rings. The van der Waals surface area contributed by atoms with E-state index in [1.807, 2.05) is 26.0 Å². The molecule has 4 nitrogen and oxygen atoms in total. The van der Waals surface area contributed by atoms with E-state index in [-0.39, 0.29) is 12.5 Å². The lowest BCUT2D eigenvalue weighted by molar-refractivity contribution is -0.123. The molecule has 0 fully saturated rings. The van der Waals surface area contributed by atoms with Gasteiger partial charge in [0.15, 0.2) is 6.61 Å². The predicted octanol–water partition coefficient (Wildman–Crippen LogP) is 3.70. The zero-order valence-electron chi connectivity index (χ0n) is 14.2. The first kappa shape index (κ1) is 18.1. The van der Waals surface area contributed by atoms with Gasteiger partial charge in [-0.2, -0.15) is 0 Å². The number of amides is 1. The molecule has 0 atom stereocenters. The van der Waals surface area contributed by atoms with Gasteiger partial charge in [-0.3, -0.25) is 4.79 Å². The number of rotatable bonds is 7. The molecule has 0 aliphatic carbocycles. The summed E-state index contributed by atoms with van der Waals surface area (Å²) in [5.41, 5.74) is 3.14. The second kappa shape index (κ2) is 8.60. The third kappa shape index (κ3) is 5.17. The summed E-state index contributed by atoms with van der Waals surface area (Å²) in [6, 6.07) is 11.3. The predicted molar refractivity (Wildman–Crippen MR) is 96.1 cm³/mol. The van der Waals surface area contributed by atoms with Gasteiger partial charge in [-0.25, -0.2) is 0 Å². The van der Waals surface area contributed by atoms with E-state index in [1.165, 1.54) is 5.56 Å². The highest BCUT2D eigenvalue weighted by Gasteiger charge is 2.07. The number of benzene rings is 2. The Balaban J connectivity index is 1.80. The Morgan fingerprint density at radius 1 is 1.12 bits per heavy atom. The second-order valence-corrected chi connectivity index (χ2v) is 6.05. The Morgan fingerprint density at radius 2 is 1.88 bits per heavy atom. The highest BCUT2D eigenvalue weighted by Crippen LogP contribution is 2.22. The lowest BCUT2D eigenvalue weighted by atomic mass is 10.1. The molecule has 0 bridgehead atoms. The van der Waals surface area contributed by atoms with Crippen molar-refractivity contribution in [2.75, 3.05) is 20.3 Å². The monoisotopic (exact) mass is 347 g/mol. The summed E-state index contributed by atoms with van der Waals surface area (Å²) in [6.07, 6.45) is 0.705. The zero-order chi connectivity index (χ0) is 17.5. The van der Waals surface area contributed by atoms with E-state index >= 15 is 0 Å². The van der Waals surface area contributed by atoms with Crippen LogP contribution in [0.4, 0.5) is 0 Å². The van der Waals surface area contributed by atoms with Gasteiger partial charge in [0.2, 0.25) is 0 Å². The van der Waals surface area contributed by atoms with Crippen LogP contribution < -0.4 is 14.8 Å². The van der Waals surface area contributed by atoms with Crippen molar-refractivity contribution in [2.45, 2.75) is 20.3 Å². The first-order valence-corrected chi connectivity index (χ1v) is 8.16. The van der Waals surface area contributed by atoms with E-state index in [9.17, 15) is 4.79 Å². The van der Waals surface area contributed by atoms with E-state index in [2.05, 4.69) is 11.4 Å². The van der Waals surface area contributed by atoms with E-state index in [0.29, 0.717) is 23.7 Å². The van der Waals surface area contributed by atoms with Crippen molar-refractivity contribution in [1.82, 2.24) is 5.32 Å². The van der Waals surface area contributed by atoms with Crippen LogP contribution in [-0.4, -0.2) is 26.2 Å². The SMILES string of the molecule is COc1ccc(C)cc1CCNC(=O)COc1ccc(Cl)cc1C. The zero-order valence-corrected chi connectivity index (χ0v) is 14.9. The molecule has 1 N–H and O–H groups in total. The fourth-order valence-electron chi connectivity index (χ4n) is 2.41. The van der Waals surface area contributed by atoms with Gasteiger partial charge in [-0.1, -0.05) is 29.3 Å². The molecule has 0 spiro atoms. The van der Waals surface area contributed by atoms with Gasteiger partial charge in [0, 0.05) is 11.6 Å². The molecule has 1 amide bonds. The first-order valence-electron chi connectivity index (χ1n) is 7.79. The molecule has 0 saturated heterocycles. The molecular formula is C19H22ClNO3. The van der Waals surface area contributed by atoms with Crippen LogP contribution in [-0.2, 0) is 11.2 Å². The lowest BCUT2D eigenvalue weighted by Gasteiger charge is -2.11. The summed E-state index contributed by atoms with van der Waals surface area (Å²) in [4.78, 5) is 11.9. The highest BCUT2D eigenvalue weighted by atomic mass is 35.5. The molecule has 0 aliphatic rings. The van der Waals surface area contributed by atoms with Crippen molar-refractivity contribution in [3.63, 3.8) is 0 Å². The highest BCUT2D eigenvalue weighted by molar-refractivity contribution is 6.30. The van der Waals surface area contributed by atoms with Crippen molar-refractivity contribution in [3.8, 4) is 11.5 Å². The topological polar surface area (TPSA) is 47.6 Å². The van der Waals surface area contributed by atoms with Crippen molar-refractivity contribution in [3.05, 3.63) is 58.1 Å². The Bertz CT molecular complexity index is 716. The minimum atomic E-state index is -0.157. The summed E-state index contributed by atoms with van der Waals surface area (Å²) >= 11 is 5.90. The number of ether oxygens (including phenoxy) is 2. The second-order valence-electron chi connectivity index (χ2n) is 5.61. The van der Waals surface area contributed by atoms with Crippen LogP contribution in [0, 0.1) is 13.8 Å². The largest absolute Gasteiger partial charge is 0.496 e. The number of carbonyl (C=O) groups is 1. The smallest absolute Gasteiger partial charge is 0.257 e. The number of hydrogen-bond acceptors (Lipinski definition) is 3. The molecule has 24 heavy (non-hydrogen) atoms. The standard InChI is InChI=1S/C19H22ClNO3/c1-13-4-6-18(23-3)15(10-13)8-9-21-19(22)12-24-17-7-5-16(20)11-14(17)2/h4-7,10-11H,8-9,12H2,1-3H3,(H,21,22). The van der Waals surface area contributed by atoms with Crippen molar-refractivity contribution in [2.24, 2.45) is 0 Å². The van der Waals surface area contributed by atoms with E-state index in [4.69, 9.17) is 21.1 Å². The number of nitrogens with one attached hydrogen (secondary N) is 1. The Hall–Kier alpha value is -2.20. The third-order valence-corrected chi connectivity index (χ3v) is 3.88. The fourth-order valence-corrected chi connectivity index (χ4v) is 2.64. The molecule has 0 radical (unpaired) electrons. The molecule has 2 rings (SSSR count). The van der Waals surface area contributed by atoms with Gasteiger partial charge in [0.1, 0.15) is 11.5 Å². The number of halogens is 1.